The second-order valence-corrected chi connectivity index (χ2v) is 4.95. The van der Waals surface area contributed by atoms with Gasteiger partial charge in [-0.25, -0.2) is 4.79 Å². The van der Waals surface area contributed by atoms with E-state index in [1.54, 1.807) is 18.2 Å². The first-order valence-electron chi connectivity index (χ1n) is 7.41. The molecule has 0 aromatic heterocycles. The number of carbonyl (C=O) groups excluding carboxylic acids is 1. The van der Waals surface area contributed by atoms with Crippen LogP contribution in [0.1, 0.15) is 12.5 Å². The van der Waals surface area contributed by atoms with Crippen LogP contribution in [0, 0.1) is 0 Å². The Morgan fingerprint density at radius 3 is 2.70 bits per heavy atom. The van der Waals surface area contributed by atoms with E-state index in [1.807, 2.05) is 31.2 Å². The molecule has 2 aromatic carbocycles. The molecule has 0 aliphatic carbocycles. The van der Waals surface area contributed by atoms with E-state index in [9.17, 15) is 4.79 Å². The second-order valence-electron chi connectivity index (χ2n) is 4.95. The van der Waals surface area contributed by atoms with Gasteiger partial charge >= 0.3 is 6.03 Å². The Balaban J connectivity index is 1.51. The van der Waals surface area contributed by atoms with Crippen LogP contribution in [0.4, 0.5) is 10.5 Å². The lowest BCUT2D eigenvalue weighted by atomic mass is 10.2. The number of urea groups is 1. The summed E-state index contributed by atoms with van der Waals surface area (Å²) >= 11 is 0. The average Bonchev–Trinajstić information content (AvgIpc) is 3.02. The maximum absolute atomic E-state index is 11.9. The smallest absolute Gasteiger partial charge is 0.319 e. The number of fused-ring (bicyclic) bond motifs is 1. The minimum absolute atomic E-state index is 0.211. The summed E-state index contributed by atoms with van der Waals surface area (Å²) in [6.45, 7) is 3.22. The Labute approximate surface area is 134 Å². The lowest BCUT2D eigenvalue weighted by Crippen LogP contribution is -2.28. The van der Waals surface area contributed by atoms with Gasteiger partial charge in [0.2, 0.25) is 6.79 Å². The Bertz CT molecular complexity index is 685. The molecule has 0 saturated heterocycles. The Kier molecular flexibility index (Phi) is 4.52. The molecule has 2 aromatic rings. The Morgan fingerprint density at radius 1 is 1.13 bits per heavy atom. The maximum atomic E-state index is 11.9. The lowest BCUT2D eigenvalue weighted by Gasteiger charge is -2.09. The number of benzene rings is 2. The SMILES string of the molecule is CCOc1ccc(CNC(=O)Nc2ccc3c(c2)OCO3)cc1. The standard InChI is InChI=1S/C17H18N2O4/c1-2-21-14-6-3-12(4-7-14)10-18-17(20)19-13-5-8-15-16(9-13)23-11-22-15/h3-9H,2,10-11H2,1H3,(H2,18,19,20). The molecule has 0 bridgehead atoms. The molecule has 0 saturated carbocycles. The van der Waals surface area contributed by atoms with E-state index in [1.165, 1.54) is 0 Å². The zero-order chi connectivity index (χ0) is 16.1. The van der Waals surface area contributed by atoms with Crippen LogP contribution in [0.5, 0.6) is 17.2 Å². The largest absolute Gasteiger partial charge is 0.494 e. The molecule has 0 spiro atoms. The van der Waals surface area contributed by atoms with Crippen LogP contribution in [0.3, 0.4) is 0 Å². The first-order chi connectivity index (χ1) is 11.2. The van der Waals surface area contributed by atoms with Gasteiger partial charge in [-0.05, 0) is 36.8 Å². The summed E-state index contributed by atoms with van der Waals surface area (Å²) in [6.07, 6.45) is 0. The van der Waals surface area contributed by atoms with Crippen molar-refractivity contribution >= 4 is 11.7 Å². The molecule has 0 atom stereocenters. The summed E-state index contributed by atoms with van der Waals surface area (Å²) in [5, 5.41) is 5.57. The number of hydrogen-bond donors (Lipinski definition) is 2. The van der Waals surface area contributed by atoms with Crippen LogP contribution < -0.4 is 24.8 Å². The van der Waals surface area contributed by atoms with Gasteiger partial charge in [-0.2, -0.15) is 0 Å². The highest BCUT2D eigenvalue weighted by Crippen LogP contribution is 2.34. The van der Waals surface area contributed by atoms with Crippen LogP contribution in [0.2, 0.25) is 0 Å². The van der Waals surface area contributed by atoms with Gasteiger partial charge in [-0.1, -0.05) is 12.1 Å². The quantitative estimate of drug-likeness (QED) is 0.889. The molecular weight excluding hydrogens is 296 g/mol. The molecule has 2 amide bonds. The summed E-state index contributed by atoms with van der Waals surface area (Å²) in [6, 6.07) is 12.6. The van der Waals surface area contributed by atoms with Crippen LogP contribution in [-0.4, -0.2) is 19.4 Å². The number of ether oxygens (including phenoxy) is 3. The number of carbonyl (C=O) groups is 1. The molecule has 23 heavy (non-hydrogen) atoms. The van der Waals surface area contributed by atoms with Crippen molar-refractivity contribution in [2.24, 2.45) is 0 Å². The van der Waals surface area contributed by atoms with Gasteiger partial charge in [0.1, 0.15) is 5.75 Å². The first-order valence-corrected chi connectivity index (χ1v) is 7.41. The van der Waals surface area contributed by atoms with Gasteiger partial charge in [-0.3, -0.25) is 0 Å². The molecule has 0 fully saturated rings. The number of hydrogen-bond acceptors (Lipinski definition) is 4. The summed E-state index contributed by atoms with van der Waals surface area (Å²) in [5.41, 5.74) is 1.65. The molecule has 1 aliphatic heterocycles. The van der Waals surface area contributed by atoms with Crippen LogP contribution >= 0.6 is 0 Å². The number of nitrogens with one attached hydrogen (secondary N) is 2. The minimum Gasteiger partial charge on any atom is -0.494 e. The Hall–Kier alpha value is -2.89. The molecule has 3 rings (SSSR count). The third-order valence-electron chi connectivity index (χ3n) is 3.32. The topological polar surface area (TPSA) is 68.8 Å². The predicted octanol–water partition coefficient (Wildman–Crippen LogP) is 3.14. The first kappa shape index (κ1) is 15.0. The van der Waals surface area contributed by atoms with E-state index in [0.29, 0.717) is 30.3 Å². The summed E-state index contributed by atoms with van der Waals surface area (Å²) in [5.74, 6) is 2.14. The van der Waals surface area contributed by atoms with Gasteiger partial charge in [0, 0.05) is 18.3 Å². The fraction of sp³-hybridized carbons (Fsp3) is 0.235. The van der Waals surface area contributed by atoms with Crippen molar-refractivity contribution < 1.29 is 19.0 Å². The summed E-state index contributed by atoms with van der Waals surface area (Å²) < 4.78 is 15.9. The average molecular weight is 314 g/mol. The highest BCUT2D eigenvalue weighted by Gasteiger charge is 2.13. The molecule has 6 heteroatoms. The summed E-state index contributed by atoms with van der Waals surface area (Å²) in [7, 11) is 0. The molecule has 0 radical (unpaired) electrons. The van der Waals surface area contributed by atoms with Crippen molar-refractivity contribution in [1.82, 2.24) is 5.32 Å². The molecule has 6 nitrogen and oxygen atoms in total. The van der Waals surface area contributed by atoms with E-state index >= 15 is 0 Å². The van der Waals surface area contributed by atoms with Gasteiger partial charge in [0.05, 0.1) is 6.61 Å². The Morgan fingerprint density at radius 2 is 1.91 bits per heavy atom. The number of amides is 2. The summed E-state index contributed by atoms with van der Waals surface area (Å²) in [4.78, 5) is 11.9. The van der Waals surface area contributed by atoms with Crippen LogP contribution in [0.15, 0.2) is 42.5 Å². The van der Waals surface area contributed by atoms with Crippen LogP contribution in [0.25, 0.3) is 0 Å². The van der Waals surface area contributed by atoms with Gasteiger partial charge < -0.3 is 24.8 Å². The lowest BCUT2D eigenvalue weighted by molar-refractivity contribution is 0.174. The van der Waals surface area contributed by atoms with Crippen molar-refractivity contribution in [3.05, 3.63) is 48.0 Å². The second kappa shape index (κ2) is 6.91. The van der Waals surface area contributed by atoms with Crippen molar-refractivity contribution in [3.63, 3.8) is 0 Å². The maximum Gasteiger partial charge on any atom is 0.319 e. The zero-order valence-electron chi connectivity index (χ0n) is 12.8. The van der Waals surface area contributed by atoms with E-state index in [4.69, 9.17) is 14.2 Å². The van der Waals surface area contributed by atoms with Crippen molar-refractivity contribution in [1.29, 1.82) is 0 Å². The molecular formula is C17H18N2O4. The van der Waals surface area contributed by atoms with E-state index < -0.39 is 0 Å². The fourth-order valence-electron chi connectivity index (χ4n) is 2.20. The molecule has 1 heterocycles. The number of anilines is 1. The third kappa shape index (κ3) is 3.85. The van der Waals surface area contributed by atoms with E-state index in [0.717, 1.165) is 11.3 Å². The van der Waals surface area contributed by atoms with Gasteiger partial charge in [0.15, 0.2) is 11.5 Å². The van der Waals surface area contributed by atoms with Crippen molar-refractivity contribution in [2.75, 3.05) is 18.7 Å². The predicted molar refractivity (Wildman–Crippen MR) is 86.0 cm³/mol. The van der Waals surface area contributed by atoms with E-state index in [-0.39, 0.29) is 12.8 Å². The third-order valence-corrected chi connectivity index (χ3v) is 3.32. The van der Waals surface area contributed by atoms with Crippen LogP contribution in [-0.2, 0) is 6.54 Å². The van der Waals surface area contributed by atoms with Crippen molar-refractivity contribution in [2.45, 2.75) is 13.5 Å². The van der Waals surface area contributed by atoms with E-state index in [2.05, 4.69) is 10.6 Å². The highest BCUT2D eigenvalue weighted by atomic mass is 16.7. The zero-order valence-corrected chi connectivity index (χ0v) is 12.8. The minimum atomic E-state index is -0.280. The monoisotopic (exact) mass is 314 g/mol. The molecule has 2 N–H and O–H groups in total. The molecule has 1 aliphatic rings. The van der Waals surface area contributed by atoms with Crippen molar-refractivity contribution in [3.8, 4) is 17.2 Å². The molecule has 120 valence electrons. The van der Waals surface area contributed by atoms with Gasteiger partial charge in [0.25, 0.3) is 0 Å². The molecule has 0 unspecified atom stereocenters. The highest BCUT2D eigenvalue weighted by molar-refractivity contribution is 5.89. The normalized spacial score (nSPS) is 11.9. The fourth-order valence-corrected chi connectivity index (χ4v) is 2.20. The number of rotatable bonds is 5. The van der Waals surface area contributed by atoms with Gasteiger partial charge in [-0.15, -0.1) is 0 Å².